The molecule has 1 N–H and O–H groups in total. The lowest BCUT2D eigenvalue weighted by molar-refractivity contribution is -0.385. The van der Waals surface area contributed by atoms with E-state index in [1.807, 2.05) is 0 Å². The zero-order valence-corrected chi connectivity index (χ0v) is 13.8. The van der Waals surface area contributed by atoms with E-state index in [0.717, 1.165) is 12.7 Å². The summed E-state index contributed by atoms with van der Waals surface area (Å²) in [5.41, 5.74) is 0.571. The quantitative estimate of drug-likeness (QED) is 0.661. The third kappa shape index (κ3) is 3.85. The number of piperidine rings is 1. The van der Waals surface area contributed by atoms with Gasteiger partial charge < -0.3 is 5.32 Å². The second kappa shape index (κ2) is 6.63. The van der Waals surface area contributed by atoms with Crippen molar-refractivity contribution in [3.63, 3.8) is 0 Å². The Kier molecular flexibility index (Phi) is 5.00. The van der Waals surface area contributed by atoms with E-state index in [2.05, 4.69) is 5.32 Å². The first-order valence-electron chi connectivity index (χ1n) is 7.23. The highest BCUT2D eigenvalue weighted by Crippen LogP contribution is 2.27. The van der Waals surface area contributed by atoms with Crippen LogP contribution in [0.25, 0.3) is 0 Å². The molecule has 0 bridgehead atoms. The van der Waals surface area contributed by atoms with Gasteiger partial charge in [0.25, 0.3) is 5.69 Å². The van der Waals surface area contributed by atoms with Crippen LogP contribution in [0.15, 0.2) is 18.2 Å². The van der Waals surface area contributed by atoms with Crippen LogP contribution < -0.4 is 5.32 Å². The van der Waals surface area contributed by atoms with Crippen molar-refractivity contribution >= 4 is 27.3 Å². The Hall–Kier alpha value is -2.00. The molecule has 0 aromatic heterocycles. The average molecular weight is 341 g/mol. The number of nitrogens with one attached hydrogen (secondary N) is 1. The molecule has 1 fully saturated rings. The van der Waals surface area contributed by atoms with Crippen molar-refractivity contribution in [1.29, 1.82) is 0 Å². The van der Waals surface area contributed by atoms with Crippen molar-refractivity contribution in [3.05, 3.63) is 33.9 Å². The maximum Gasteiger partial charge on any atom is 0.274 e. The van der Waals surface area contributed by atoms with Crippen molar-refractivity contribution < 1.29 is 18.1 Å². The molecule has 1 unspecified atom stereocenters. The first-order valence-corrected chi connectivity index (χ1v) is 9.08. The molecule has 2 rings (SSSR count). The Morgan fingerprint density at radius 1 is 1.39 bits per heavy atom. The van der Waals surface area contributed by atoms with Crippen LogP contribution in [-0.2, 0) is 14.8 Å². The van der Waals surface area contributed by atoms with Gasteiger partial charge in [0, 0.05) is 12.6 Å². The number of benzene rings is 1. The second-order valence-corrected chi connectivity index (χ2v) is 7.52. The third-order valence-corrected chi connectivity index (χ3v) is 5.23. The molecule has 8 nitrogen and oxygen atoms in total. The lowest BCUT2D eigenvalue weighted by atomic mass is 10.0. The summed E-state index contributed by atoms with van der Waals surface area (Å²) in [6.45, 7) is 1.85. The minimum atomic E-state index is -3.48. The fourth-order valence-electron chi connectivity index (χ4n) is 2.74. The van der Waals surface area contributed by atoms with Crippen molar-refractivity contribution in [2.45, 2.75) is 32.2 Å². The molecule has 1 amide bonds. The van der Waals surface area contributed by atoms with E-state index in [0.29, 0.717) is 30.6 Å². The molecule has 0 saturated carbocycles. The predicted molar refractivity (Wildman–Crippen MR) is 85.7 cm³/mol. The molecule has 1 atom stereocenters. The highest BCUT2D eigenvalue weighted by Gasteiger charge is 2.34. The van der Waals surface area contributed by atoms with Crippen LogP contribution in [0.5, 0.6) is 0 Å². The van der Waals surface area contributed by atoms with Gasteiger partial charge in [-0.25, -0.2) is 8.42 Å². The topological polar surface area (TPSA) is 110 Å². The Morgan fingerprint density at radius 3 is 2.70 bits per heavy atom. The summed E-state index contributed by atoms with van der Waals surface area (Å²) in [6.07, 6.45) is 2.99. The molecule has 1 aliphatic rings. The Bertz CT molecular complexity index is 732. The highest BCUT2D eigenvalue weighted by atomic mass is 32.2. The Labute approximate surface area is 134 Å². The monoisotopic (exact) mass is 341 g/mol. The normalized spacial score (nSPS) is 19.3. The number of rotatable bonds is 4. The largest absolute Gasteiger partial charge is 0.324 e. The van der Waals surface area contributed by atoms with Crippen LogP contribution in [0.4, 0.5) is 11.4 Å². The molecule has 1 heterocycles. The third-order valence-electron chi connectivity index (χ3n) is 3.94. The van der Waals surface area contributed by atoms with Gasteiger partial charge in [-0.05, 0) is 25.8 Å². The number of nitro groups is 1. The van der Waals surface area contributed by atoms with E-state index < -0.39 is 26.9 Å². The van der Waals surface area contributed by atoms with Gasteiger partial charge in [-0.1, -0.05) is 12.5 Å². The molecule has 0 radical (unpaired) electrons. The van der Waals surface area contributed by atoms with E-state index in [-0.39, 0.29) is 5.69 Å². The number of sulfonamides is 1. The smallest absolute Gasteiger partial charge is 0.274 e. The molecule has 0 spiro atoms. The van der Waals surface area contributed by atoms with E-state index >= 15 is 0 Å². The first-order chi connectivity index (χ1) is 10.7. The van der Waals surface area contributed by atoms with Crippen LogP contribution >= 0.6 is 0 Å². The van der Waals surface area contributed by atoms with Crippen molar-refractivity contribution in [3.8, 4) is 0 Å². The van der Waals surface area contributed by atoms with Crippen LogP contribution in [0, 0.1) is 17.0 Å². The summed E-state index contributed by atoms with van der Waals surface area (Å²) in [7, 11) is -3.48. The van der Waals surface area contributed by atoms with E-state index in [9.17, 15) is 23.3 Å². The van der Waals surface area contributed by atoms with Gasteiger partial charge >= 0.3 is 0 Å². The number of anilines is 1. The number of hydrogen-bond donors (Lipinski definition) is 1. The van der Waals surface area contributed by atoms with E-state index in [4.69, 9.17) is 0 Å². The fourth-order valence-corrected chi connectivity index (χ4v) is 3.86. The van der Waals surface area contributed by atoms with Gasteiger partial charge in [0.05, 0.1) is 22.4 Å². The number of carbonyl (C=O) groups excluding carboxylic acids is 1. The van der Waals surface area contributed by atoms with Gasteiger partial charge in [0.2, 0.25) is 15.9 Å². The van der Waals surface area contributed by atoms with Gasteiger partial charge in [-0.3, -0.25) is 14.9 Å². The minimum absolute atomic E-state index is 0.0913. The molecule has 126 valence electrons. The zero-order chi connectivity index (χ0) is 17.2. The highest BCUT2D eigenvalue weighted by molar-refractivity contribution is 7.88. The molecule has 0 aliphatic carbocycles. The summed E-state index contributed by atoms with van der Waals surface area (Å²) < 4.78 is 24.8. The number of hydrogen-bond acceptors (Lipinski definition) is 5. The van der Waals surface area contributed by atoms with Crippen molar-refractivity contribution in [2.75, 3.05) is 18.1 Å². The van der Waals surface area contributed by atoms with Gasteiger partial charge in [0.1, 0.15) is 6.04 Å². The predicted octanol–water partition coefficient (Wildman–Crippen LogP) is 1.66. The van der Waals surface area contributed by atoms with E-state index in [1.54, 1.807) is 13.0 Å². The molecular formula is C14H19N3O5S. The standard InChI is InChI=1S/C14H19N3O5S/c1-10-11(6-5-8-12(10)17(19)20)15-14(18)13-7-3-4-9-16(13)23(2,21)22/h5-6,8,13H,3-4,7,9H2,1-2H3,(H,15,18). The molecule has 1 aliphatic heterocycles. The number of carbonyl (C=O) groups is 1. The number of nitrogens with zero attached hydrogens (tertiary/aromatic N) is 2. The lowest BCUT2D eigenvalue weighted by Crippen LogP contribution is -2.49. The van der Waals surface area contributed by atoms with Crippen LogP contribution in [0.1, 0.15) is 24.8 Å². The Morgan fingerprint density at radius 2 is 2.09 bits per heavy atom. The number of amides is 1. The average Bonchev–Trinajstić information content (AvgIpc) is 2.48. The SMILES string of the molecule is Cc1c(NC(=O)C2CCCCN2S(C)(=O)=O)cccc1[N+](=O)[O-]. The molecule has 23 heavy (non-hydrogen) atoms. The molecule has 9 heteroatoms. The van der Waals surface area contributed by atoms with Crippen LogP contribution in [0.3, 0.4) is 0 Å². The van der Waals surface area contributed by atoms with Crippen LogP contribution in [-0.4, -0.2) is 42.4 Å². The zero-order valence-electron chi connectivity index (χ0n) is 13.0. The first kappa shape index (κ1) is 17.4. The Balaban J connectivity index is 2.24. The van der Waals surface area contributed by atoms with Gasteiger partial charge in [0.15, 0.2) is 0 Å². The van der Waals surface area contributed by atoms with Gasteiger partial charge in [-0.15, -0.1) is 0 Å². The van der Waals surface area contributed by atoms with Crippen molar-refractivity contribution in [1.82, 2.24) is 4.31 Å². The fraction of sp³-hybridized carbons (Fsp3) is 0.500. The number of nitro benzene ring substituents is 1. The van der Waals surface area contributed by atoms with Gasteiger partial charge in [-0.2, -0.15) is 4.31 Å². The molecule has 1 aromatic carbocycles. The summed E-state index contributed by atoms with van der Waals surface area (Å²) >= 11 is 0. The summed E-state index contributed by atoms with van der Waals surface area (Å²) in [5.74, 6) is -0.460. The van der Waals surface area contributed by atoms with Crippen LogP contribution in [0.2, 0.25) is 0 Å². The maximum absolute atomic E-state index is 12.5. The summed E-state index contributed by atoms with van der Waals surface area (Å²) in [4.78, 5) is 22.9. The lowest BCUT2D eigenvalue weighted by Gasteiger charge is -2.32. The minimum Gasteiger partial charge on any atom is -0.324 e. The molecule has 1 aromatic rings. The van der Waals surface area contributed by atoms with E-state index in [1.165, 1.54) is 16.4 Å². The maximum atomic E-state index is 12.5. The second-order valence-electron chi connectivity index (χ2n) is 5.58. The summed E-state index contributed by atoms with van der Waals surface area (Å²) in [5, 5.41) is 13.6. The molecular weight excluding hydrogens is 322 g/mol. The summed E-state index contributed by atoms with van der Waals surface area (Å²) in [6, 6.07) is 3.62. The molecule has 1 saturated heterocycles. The van der Waals surface area contributed by atoms with Crippen molar-refractivity contribution in [2.24, 2.45) is 0 Å².